The van der Waals surface area contributed by atoms with Gasteiger partial charge in [0.15, 0.2) is 0 Å². The Labute approximate surface area is 282 Å². The number of alkyl carbamates (subject to hydrolysis) is 1. The van der Waals surface area contributed by atoms with Crippen LogP contribution >= 0.6 is 11.3 Å². The minimum absolute atomic E-state index is 0.0273. The summed E-state index contributed by atoms with van der Waals surface area (Å²) in [7, 11) is 0. The predicted molar refractivity (Wildman–Crippen MR) is 187 cm³/mol. The summed E-state index contributed by atoms with van der Waals surface area (Å²) in [5.74, 6) is 0.676. The molecule has 47 heavy (non-hydrogen) atoms. The van der Waals surface area contributed by atoms with Crippen molar-refractivity contribution in [2.45, 2.75) is 104 Å². The Hall–Kier alpha value is -4.19. The molecule has 1 aliphatic rings. The number of hydrogen-bond donors (Lipinski definition) is 5. The summed E-state index contributed by atoms with van der Waals surface area (Å²) in [4.78, 5) is 37.4. The van der Waals surface area contributed by atoms with Gasteiger partial charge in [-0.15, -0.1) is 10.2 Å². The highest BCUT2D eigenvalue weighted by molar-refractivity contribution is 7.15. The number of rotatable bonds is 14. The number of nitrogens with two attached hydrogens (primary N) is 2. The molecule has 1 aliphatic carbocycles. The predicted octanol–water partition coefficient (Wildman–Crippen LogP) is 5.94. The number of nitrogens with one attached hydrogen (secondary N) is 3. The molecule has 0 saturated heterocycles. The van der Waals surface area contributed by atoms with E-state index in [2.05, 4.69) is 45.2 Å². The number of carbonyl (C=O) groups is 3. The van der Waals surface area contributed by atoms with Crippen LogP contribution in [-0.4, -0.2) is 33.7 Å². The molecule has 0 aliphatic heterocycles. The standard InChI is InChI=1S/C35H51N7O4S/c1-23-12-7-8-14-25(23)22-30(44)39-32-42-41-31(47-32)17-10-9-16-27(36)18-19-28(37)38-29(43)21-24-13-11-15-26(20-24)35(5,6)40-33(45)46-34(2,3)4/h8,11,13-15,18-20,23,25H,7,9-10,12,16-17,21-22,36-37H2,1-6H3,(H,38,43)(H,40,45)(H,39,42,44)/b27-18-,28-19+. The van der Waals surface area contributed by atoms with Crippen LogP contribution in [0.15, 0.2) is 60.1 Å². The van der Waals surface area contributed by atoms with Crippen molar-refractivity contribution in [3.63, 3.8) is 0 Å². The molecule has 0 fully saturated rings. The fourth-order valence-electron chi connectivity index (χ4n) is 5.11. The zero-order valence-electron chi connectivity index (χ0n) is 28.5. The summed E-state index contributed by atoms with van der Waals surface area (Å²) in [6.07, 6.45) is 13.0. The van der Waals surface area contributed by atoms with Crippen LogP contribution in [-0.2, 0) is 32.7 Å². The summed E-state index contributed by atoms with van der Waals surface area (Å²) in [5.41, 5.74) is 13.1. The van der Waals surface area contributed by atoms with Crippen molar-refractivity contribution in [2.75, 3.05) is 5.32 Å². The molecular formula is C35H51N7O4S. The lowest BCUT2D eigenvalue weighted by Gasteiger charge is -2.29. The van der Waals surface area contributed by atoms with Gasteiger partial charge in [0.25, 0.3) is 0 Å². The number of ether oxygens (including phenoxy) is 1. The van der Waals surface area contributed by atoms with Gasteiger partial charge < -0.3 is 32.2 Å². The number of carbonyl (C=O) groups excluding carboxylic acids is 3. The first-order valence-electron chi connectivity index (χ1n) is 16.2. The Morgan fingerprint density at radius 1 is 1.06 bits per heavy atom. The second-order valence-corrected chi connectivity index (χ2v) is 14.7. The molecule has 1 heterocycles. The van der Waals surface area contributed by atoms with Gasteiger partial charge >= 0.3 is 6.09 Å². The Kier molecular flexibility index (Phi) is 13.6. The van der Waals surface area contributed by atoms with E-state index in [-0.39, 0.29) is 30.0 Å². The Morgan fingerprint density at radius 2 is 1.83 bits per heavy atom. The summed E-state index contributed by atoms with van der Waals surface area (Å²) in [5, 5.41) is 18.2. The van der Waals surface area contributed by atoms with Gasteiger partial charge in [0.05, 0.1) is 12.0 Å². The molecule has 3 amide bonds. The maximum Gasteiger partial charge on any atom is 0.408 e. The third-order valence-electron chi connectivity index (χ3n) is 7.73. The van der Waals surface area contributed by atoms with Gasteiger partial charge in [-0.25, -0.2) is 4.79 Å². The van der Waals surface area contributed by atoms with E-state index < -0.39 is 17.2 Å². The maximum absolute atomic E-state index is 12.7. The zero-order chi connectivity index (χ0) is 34.6. The molecule has 11 nitrogen and oxygen atoms in total. The molecule has 0 saturated carbocycles. The number of anilines is 1. The summed E-state index contributed by atoms with van der Waals surface area (Å²) >= 11 is 1.40. The molecule has 0 spiro atoms. The lowest BCUT2D eigenvalue weighted by atomic mass is 9.83. The largest absolute Gasteiger partial charge is 0.444 e. The number of hydrogen-bond acceptors (Lipinski definition) is 9. The normalized spacial score (nSPS) is 17.2. The zero-order valence-corrected chi connectivity index (χ0v) is 29.3. The SMILES string of the molecule is CC1CCC=CC1CC(=O)Nc1nnc(CCCC/C(N)=C/C=C(\N)NC(=O)Cc2cccc(C(C)(C)NC(=O)OC(C)(C)C)c2)s1. The van der Waals surface area contributed by atoms with Gasteiger partial charge in [-0.3, -0.25) is 9.59 Å². The molecule has 0 bridgehead atoms. The van der Waals surface area contributed by atoms with Gasteiger partial charge in [-0.2, -0.15) is 0 Å². The van der Waals surface area contributed by atoms with Crippen molar-refractivity contribution in [1.29, 1.82) is 0 Å². The molecule has 2 unspecified atom stereocenters. The van der Waals surface area contributed by atoms with Crippen LogP contribution in [0, 0.1) is 11.8 Å². The van der Waals surface area contributed by atoms with E-state index in [0.717, 1.165) is 48.2 Å². The molecule has 1 aromatic carbocycles. The van der Waals surface area contributed by atoms with Crippen LogP contribution in [0.2, 0.25) is 0 Å². The van der Waals surface area contributed by atoms with Gasteiger partial charge in [0.1, 0.15) is 16.4 Å². The molecule has 2 atom stereocenters. The van der Waals surface area contributed by atoms with E-state index in [1.54, 1.807) is 12.2 Å². The third kappa shape index (κ3) is 13.6. The highest BCUT2D eigenvalue weighted by Gasteiger charge is 2.26. The maximum atomic E-state index is 12.7. The summed E-state index contributed by atoms with van der Waals surface area (Å²) in [6.45, 7) is 11.4. The summed E-state index contributed by atoms with van der Waals surface area (Å²) in [6, 6.07) is 7.46. The summed E-state index contributed by atoms with van der Waals surface area (Å²) < 4.78 is 5.39. The number of aryl methyl sites for hydroxylation is 1. The van der Waals surface area contributed by atoms with Crippen molar-refractivity contribution in [2.24, 2.45) is 23.3 Å². The van der Waals surface area contributed by atoms with Crippen molar-refractivity contribution >= 4 is 34.4 Å². The second kappa shape index (κ2) is 17.1. The first-order valence-corrected chi connectivity index (χ1v) is 17.0. The average Bonchev–Trinajstić information content (AvgIpc) is 3.41. The quantitative estimate of drug-likeness (QED) is 0.0936. The number of aromatic nitrogens is 2. The molecule has 256 valence electrons. The first-order chi connectivity index (χ1) is 22.1. The van der Waals surface area contributed by atoms with Crippen molar-refractivity contribution in [3.05, 3.63) is 76.2 Å². The number of allylic oxidation sites excluding steroid dienone is 5. The minimum atomic E-state index is -0.710. The molecule has 3 rings (SSSR count). The van der Waals surface area contributed by atoms with E-state index in [9.17, 15) is 14.4 Å². The van der Waals surface area contributed by atoms with E-state index in [4.69, 9.17) is 16.2 Å². The lowest BCUT2D eigenvalue weighted by Crippen LogP contribution is -2.43. The van der Waals surface area contributed by atoms with Crippen molar-refractivity contribution < 1.29 is 19.1 Å². The van der Waals surface area contributed by atoms with Crippen LogP contribution in [0.1, 0.15) is 96.2 Å². The topological polar surface area (TPSA) is 174 Å². The molecule has 12 heteroatoms. The first kappa shape index (κ1) is 37.3. The van der Waals surface area contributed by atoms with Crippen LogP contribution in [0.4, 0.5) is 9.93 Å². The van der Waals surface area contributed by atoms with E-state index in [0.29, 0.717) is 29.6 Å². The Balaban J connectivity index is 1.39. The van der Waals surface area contributed by atoms with E-state index in [1.807, 2.05) is 58.9 Å². The monoisotopic (exact) mass is 665 g/mol. The highest BCUT2D eigenvalue weighted by Crippen LogP contribution is 2.28. The number of unbranched alkanes of at least 4 members (excludes halogenated alkanes) is 1. The Bertz CT molecular complexity index is 1470. The minimum Gasteiger partial charge on any atom is -0.444 e. The van der Waals surface area contributed by atoms with Gasteiger partial charge in [-0.1, -0.05) is 54.7 Å². The second-order valence-electron chi connectivity index (χ2n) is 13.6. The molecule has 2 aromatic rings. The van der Waals surface area contributed by atoms with Gasteiger partial charge in [0, 0.05) is 18.5 Å². The van der Waals surface area contributed by atoms with Crippen LogP contribution < -0.4 is 27.4 Å². The molecular weight excluding hydrogens is 614 g/mol. The number of benzene rings is 1. The fraction of sp³-hybridized carbons (Fsp3) is 0.514. The smallest absolute Gasteiger partial charge is 0.408 e. The van der Waals surface area contributed by atoms with Crippen LogP contribution in [0.3, 0.4) is 0 Å². The van der Waals surface area contributed by atoms with E-state index >= 15 is 0 Å². The molecule has 0 radical (unpaired) electrons. The number of nitrogens with zero attached hydrogens (tertiary/aromatic N) is 2. The average molecular weight is 666 g/mol. The molecule has 7 N–H and O–H groups in total. The highest BCUT2D eigenvalue weighted by atomic mass is 32.1. The lowest BCUT2D eigenvalue weighted by molar-refractivity contribution is -0.120. The van der Waals surface area contributed by atoms with Gasteiger partial charge in [0.2, 0.25) is 16.9 Å². The molecule has 1 aromatic heterocycles. The number of amides is 3. The van der Waals surface area contributed by atoms with E-state index in [1.165, 1.54) is 11.3 Å². The van der Waals surface area contributed by atoms with Crippen molar-refractivity contribution in [1.82, 2.24) is 20.8 Å². The van der Waals surface area contributed by atoms with Crippen molar-refractivity contribution in [3.8, 4) is 0 Å². The fourth-order valence-corrected chi connectivity index (χ4v) is 5.91. The van der Waals surface area contributed by atoms with Gasteiger partial charge in [-0.05, 0) is 102 Å². The Morgan fingerprint density at radius 3 is 2.55 bits per heavy atom. The van der Waals surface area contributed by atoms with Crippen LogP contribution in [0.5, 0.6) is 0 Å². The third-order valence-corrected chi connectivity index (χ3v) is 8.63. The van der Waals surface area contributed by atoms with Crippen LogP contribution in [0.25, 0.3) is 0 Å².